The van der Waals surface area contributed by atoms with Crippen molar-refractivity contribution in [1.29, 1.82) is 0 Å². The zero-order valence-electron chi connectivity index (χ0n) is 8.71. The second kappa shape index (κ2) is 8.05. The SMILES string of the molecule is CCCCCCCOC(=O)[C@@H](C)N. The molecule has 3 heteroatoms. The van der Waals surface area contributed by atoms with Crippen molar-refractivity contribution in [2.75, 3.05) is 6.61 Å². The molecule has 0 amide bonds. The van der Waals surface area contributed by atoms with Gasteiger partial charge in [-0.1, -0.05) is 32.6 Å². The van der Waals surface area contributed by atoms with E-state index in [0.717, 1.165) is 12.8 Å². The zero-order valence-corrected chi connectivity index (χ0v) is 8.71. The highest BCUT2D eigenvalue weighted by Crippen LogP contribution is 2.02. The summed E-state index contributed by atoms with van der Waals surface area (Å²) in [4.78, 5) is 10.9. The van der Waals surface area contributed by atoms with Gasteiger partial charge in [0.2, 0.25) is 0 Å². The molecule has 0 radical (unpaired) electrons. The van der Waals surface area contributed by atoms with Gasteiger partial charge in [-0.3, -0.25) is 4.79 Å². The summed E-state index contributed by atoms with van der Waals surface area (Å²) in [7, 11) is 0. The molecule has 0 unspecified atom stereocenters. The third-order valence-electron chi connectivity index (χ3n) is 1.86. The molecule has 2 N–H and O–H groups in total. The van der Waals surface area contributed by atoms with Crippen LogP contribution in [0.3, 0.4) is 0 Å². The van der Waals surface area contributed by atoms with Gasteiger partial charge in [-0.2, -0.15) is 0 Å². The van der Waals surface area contributed by atoms with E-state index in [1.165, 1.54) is 19.3 Å². The van der Waals surface area contributed by atoms with Crippen molar-refractivity contribution in [2.45, 2.75) is 52.0 Å². The smallest absolute Gasteiger partial charge is 0.322 e. The first-order chi connectivity index (χ1) is 6.18. The highest BCUT2D eigenvalue weighted by molar-refractivity contribution is 5.74. The highest BCUT2D eigenvalue weighted by Gasteiger charge is 2.07. The van der Waals surface area contributed by atoms with Crippen molar-refractivity contribution >= 4 is 5.97 Å². The van der Waals surface area contributed by atoms with Crippen molar-refractivity contribution in [1.82, 2.24) is 0 Å². The van der Waals surface area contributed by atoms with Crippen LogP contribution in [0.15, 0.2) is 0 Å². The Kier molecular flexibility index (Phi) is 7.69. The molecular weight excluding hydrogens is 166 g/mol. The molecule has 0 saturated heterocycles. The number of nitrogens with two attached hydrogens (primary N) is 1. The van der Waals surface area contributed by atoms with Crippen LogP contribution in [0.1, 0.15) is 46.0 Å². The minimum atomic E-state index is -0.490. The lowest BCUT2D eigenvalue weighted by molar-refractivity contribution is -0.144. The standard InChI is InChI=1S/C10H21NO2/c1-3-4-5-6-7-8-13-10(12)9(2)11/h9H,3-8,11H2,1-2H3/t9-/m1/s1. The Labute approximate surface area is 80.6 Å². The Hall–Kier alpha value is -0.570. The number of unbranched alkanes of at least 4 members (excludes halogenated alkanes) is 4. The minimum Gasteiger partial charge on any atom is -0.465 e. The number of carbonyl (C=O) groups excluding carboxylic acids is 1. The first kappa shape index (κ1) is 12.4. The molecule has 0 fully saturated rings. The van der Waals surface area contributed by atoms with E-state index in [9.17, 15) is 4.79 Å². The second-order valence-corrected chi connectivity index (χ2v) is 3.37. The molecule has 0 spiro atoms. The summed E-state index contributed by atoms with van der Waals surface area (Å²) in [5, 5.41) is 0. The van der Waals surface area contributed by atoms with Crippen molar-refractivity contribution in [3.8, 4) is 0 Å². The summed E-state index contributed by atoms with van der Waals surface area (Å²) in [6.45, 7) is 4.33. The van der Waals surface area contributed by atoms with Gasteiger partial charge in [0, 0.05) is 0 Å². The number of hydrogen-bond donors (Lipinski definition) is 1. The van der Waals surface area contributed by atoms with Crippen LogP contribution in [-0.4, -0.2) is 18.6 Å². The van der Waals surface area contributed by atoms with E-state index in [1.54, 1.807) is 6.92 Å². The van der Waals surface area contributed by atoms with E-state index >= 15 is 0 Å². The van der Waals surface area contributed by atoms with Crippen LogP contribution >= 0.6 is 0 Å². The Morgan fingerprint density at radius 3 is 2.46 bits per heavy atom. The van der Waals surface area contributed by atoms with Crippen molar-refractivity contribution in [2.24, 2.45) is 5.73 Å². The van der Waals surface area contributed by atoms with Gasteiger partial charge in [-0.25, -0.2) is 0 Å². The van der Waals surface area contributed by atoms with Gasteiger partial charge in [0.15, 0.2) is 0 Å². The summed E-state index contributed by atoms with van der Waals surface area (Å²) < 4.78 is 4.92. The fourth-order valence-electron chi connectivity index (χ4n) is 1.01. The van der Waals surface area contributed by atoms with Crippen LogP contribution in [0.2, 0.25) is 0 Å². The van der Waals surface area contributed by atoms with Crippen molar-refractivity contribution in [3.63, 3.8) is 0 Å². The van der Waals surface area contributed by atoms with E-state index in [0.29, 0.717) is 6.61 Å². The average molecular weight is 187 g/mol. The topological polar surface area (TPSA) is 52.3 Å². The van der Waals surface area contributed by atoms with E-state index in [2.05, 4.69) is 6.92 Å². The number of hydrogen-bond acceptors (Lipinski definition) is 3. The number of esters is 1. The number of rotatable bonds is 7. The van der Waals surface area contributed by atoms with Crippen LogP contribution in [0.25, 0.3) is 0 Å². The van der Waals surface area contributed by atoms with Gasteiger partial charge in [-0.15, -0.1) is 0 Å². The predicted octanol–water partition coefficient (Wildman–Crippen LogP) is 1.85. The molecule has 3 nitrogen and oxygen atoms in total. The highest BCUT2D eigenvalue weighted by atomic mass is 16.5. The molecule has 0 rings (SSSR count). The van der Waals surface area contributed by atoms with Crippen molar-refractivity contribution in [3.05, 3.63) is 0 Å². The van der Waals surface area contributed by atoms with Gasteiger partial charge in [0.05, 0.1) is 6.61 Å². The molecule has 0 aromatic rings. The summed E-state index contributed by atoms with van der Waals surface area (Å²) in [6, 6.07) is -0.490. The molecule has 0 bridgehead atoms. The van der Waals surface area contributed by atoms with Crippen LogP contribution in [-0.2, 0) is 9.53 Å². The van der Waals surface area contributed by atoms with Crippen LogP contribution < -0.4 is 5.73 Å². The molecule has 0 aromatic heterocycles. The van der Waals surface area contributed by atoms with Gasteiger partial charge < -0.3 is 10.5 Å². The van der Waals surface area contributed by atoms with Crippen LogP contribution in [0.4, 0.5) is 0 Å². The molecule has 0 heterocycles. The first-order valence-electron chi connectivity index (χ1n) is 5.10. The Morgan fingerprint density at radius 1 is 1.31 bits per heavy atom. The summed E-state index contributed by atoms with van der Waals surface area (Å²) in [5.41, 5.74) is 5.32. The maximum absolute atomic E-state index is 10.9. The summed E-state index contributed by atoms with van der Waals surface area (Å²) >= 11 is 0. The Balaban J connectivity index is 3.12. The summed E-state index contributed by atoms with van der Waals surface area (Å²) in [5.74, 6) is -0.296. The molecule has 0 aliphatic carbocycles. The van der Waals surface area contributed by atoms with E-state index in [4.69, 9.17) is 10.5 Å². The number of ether oxygens (including phenoxy) is 1. The van der Waals surface area contributed by atoms with Gasteiger partial charge in [0.25, 0.3) is 0 Å². The zero-order chi connectivity index (χ0) is 10.1. The minimum absolute atomic E-state index is 0.296. The predicted molar refractivity (Wildman–Crippen MR) is 53.4 cm³/mol. The number of carbonyl (C=O) groups is 1. The quantitative estimate of drug-likeness (QED) is 0.489. The van der Waals surface area contributed by atoms with Crippen LogP contribution in [0.5, 0.6) is 0 Å². The molecule has 0 aromatic carbocycles. The van der Waals surface area contributed by atoms with Gasteiger partial charge >= 0.3 is 5.97 Å². The maximum Gasteiger partial charge on any atom is 0.322 e. The lowest BCUT2D eigenvalue weighted by Gasteiger charge is -2.06. The molecule has 0 aliphatic rings. The Bertz CT molecular complexity index is 135. The van der Waals surface area contributed by atoms with E-state index in [1.807, 2.05) is 0 Å². The van der Waals surface area contributed by atoms with Crippen LogP contribution in [0, 0.1) is 0 Å². The largest absolute Gasteiger partial charge is 0.465 e. The molecule has 0 aliphatic heterocycles. The average Bonchev–Trinajstić information content (AvgIpc) is 2.10. The Morgan fingerprint density at radius 2 is 1.92 bits per heavy atom. The second-order valence-electron chi connectivity index (χ2n) is 3.37. The maximum atomic E-state index is 10.9. The van der Waals surface area contributed by atoms with E-state index < -0.39 is 6.04 Å². The third kappa shape index (κ3) is 7.78. The van der Waals surface area contributed by atoms with Gasteiger partial charge in [0.1, 0.15) is 6.04 Å². The van der Waals surface area contributed by atoms with E-state index in [-0.39, 0.29) is 5.97 Å². The monoisotopic (exact) mass is 187 g/mol. The molecule has 78 valence electrons. The van der Waals surface area contributed by atoms with Crippen molar-refractivity contribution < 1.29 is 9.53 Å². The molecule has 13 heavy (non-hydrogen) atoms. The van der Waals surface area contributed by atoms with Gasteiger partial charge in [-0.05, 0) is 13.3 Å². The summed E-state index contributed by atoms with van der Waals surface area (Å²) in [6.07, 6.45) is 5.83. The third-order valence-corrected chi connectivity index (χ3v) is 1.86. The molecule has 1 atom stereocenters. The first-order valence-corrected chi connectivity index (χ1v) is 5.10. The lowest BCUT2D eigenvalue weighted by Crippen LogP contribution is -2.28. The molecular formula is C10H21NO2. The fourth-order valence-corrected chi connectivity index (χ4v) is 1.01. The molecule has 0 saturated carbocycles. The normalized spacial score (nSPS) is 12.5. The lowest BCUT2D eigenvalue weighted by atomic mass is 10.2. The fraction of sp³-hybridized carbons (Fsp3) is 0.900.